The van der Waals surface area contributed by atoms with E-state index in [-0.39, 0.29) is 30.1 Å². The van der Waals surface area contributed by atoms with E-state index < -0.39 is 90.9 Å². The number of methoxy groups -OCH3 is 1. The Bertz CT molecular complexity index is 1250. The average molecular weight is 613 g/mol. The van der Waals surface area contributed by atoms with Crippen LogP contribution in [0.3, 0.4) is 0 Å². The minimum Gasteiger partial charge on any atom is -0.507 e. The van der Waals surface area contributed by atoms with E-state index in [1.807, 2.05) is 0 Å². The summed E-state index contributed by atoms with van der Waals surface area (Å²) in [5.41, 5.74) is 0.208. The first-order chi connectivity index (χ1) is 20.4. The Morgan fingerprint density at radius 2 is 1.51 bits per heavy atom. The number of aryl methyl sites for hydroxylation is 1. The smallest absolute Gasteiger partial charge is 0.229 e. The van der Waals surface area contributed by atoms with Gasteiger partial charge in [-0.2, -0.15) is 0 Å². The van der Waals surface area contributed by atoms with Crippen molar-refractivity contribution in [1.29, 1.82) is 0 Å². The summed E-state index contributed by atoms with van der Waals surface area (Å²) < 4.78 is 27.2. The number of benzene rings is 2. The van der Waals surface area contributed by atoms with Gasteiger partial charge in [0.15, 0.2) is 29.7 Å². The number of phenols is 3. The summed E-state index contributed by atoms with van der Waals surface area (Å²) in [6, 6.07) is 6.59. The summed E-state index contributed by atoms with van der Waals surface area (Å²) in [5.74, 6) is -2.04. The predicted octanol–water partition coefficient (Wildman–Crippen LogP) is -1.34. The van der Waals surface area contributed by atoms with Crippen molar-refractivity contribution in [3.63, 3.8) is 0 Å². The molecule has 0 aliphatic carbocycles. The van der Waals surface area contributed by atoms with Gasteiger partial charge < -0.3 is 69.6 Å². The Kier molecular flexibility index (Phi) is 10.3. The molecule has 10 atom stereocenters. The highest BCUT2D eigenvalue weighted by atomic mass is 16.8. The highest BCUT2D eigenvalue weighted by Crippen LogP contribution is 2.37. The SMILES string of the molecule is COc1ccc(CCC(=O)c2c(O)cc(O[C@H]3O[C@@H](CO)[C@@H](O)[C@@H](O)[C@H]3O[C@@H]3O[C@@H](C)[C@@H](O)[C@H](O)[C@@H]3O)cc2O)cc1O. The normalized spacial score (nSPS) is 32.7. The van der Waals surface area contributed by atoms with Gasteiger partial charge in [-0.3, -0.25) is 4.79 Å². The Labute approximate surface area is 245 Å². The number of carbonyl (C=O) groups excluding carboxylic acids is 1. The molecule has 0 spiro atoms. The summed E-state index contributed by atoms with van der Waals surface area (Å²) in [6.07, 6.45) is -15.5. The molecule has 2 aliphatic heterocycles. The van der Waals surface area contributed by atoms with Gasteiger partial charge in [0.25, 0.3) is 0 Å². The second-order valence-corrected chi connectivity index (χ2v) is 10.4. The number of ether oxygens (including phenoxy) is 5. The number of ketones is 1. The van der Waals surface area contributed by atoms with Crippen molar-refractivity contribution in [3.8, 4) is 28.7 Å². The summed E-state index contributed by atoms with van der Waals surface area (Å²) >= 11 is 0. The van der Waals surface area contributed by atoms with Crippen LogP contribution >= 0.6 is 0 Å². The number of aliphatic hydroxyl groups is 6. The van der Waals surface area contributed by atoms with Gasteiger partial charge in [-0.25, -0.2) is 0 Å². The largest absolute Gasteiger partial charge is 0.507 e. The van der Waals surface area contributed by atoms with Gasteiger partial charge in [0.1, 0.15) is 59.4 Å². The molecule has 0 amide bonds. The Hall–Kier alpha value is -3.25. The van der Waals surface area contributed by atoms with Crippen LogP contribution in [0.5, 0.6) is 28.7 Å². The number of Topliss-reactive ketones (excluding diaryl/α,β-unsaturated/α-hetero) is 1. The lowest BCUT2D eigenvalue weighted by molar-refractivity contribution is -0.354. The Balaban J connectivity index is 1.51. The first-order valence-corrected chi connectivity index (χ1v) is 13.5. The molecule has 0 unspecified atom stereocenters. The number of aliphatic hydroxyl groups excluding tert-OH is 6. The number of phenolic OH excluding ortho intramolecular Hbond substituents is 3. The lowest BCUT2D eigenvalue weighted by Crippen LogP contribution is -2.64. The van der Waals surface area contributed by atoms with Crippen LogP contribution in [0.4, 0.5) is 0 Å². The van der Waals surface area contributed by atoms with Gasteiger partial charge in [-0.15, -0.1) is 0 Å². The van der Waals surface area contributed by atoms with Gasteiger partial charge in [0.2, 0.25) is 6.29 Å². The van der Waals surface area contributed by atoms with Gasteiger partial charge >= 0.3 is 0 Å². The first-order valence-electron chi connectivity index (χ1n) is 13.5. The van der Waals surface area contributed by atoms with Gasteiger partial charge in [0, 0.05) is 18.6 Å². The van der Waals surface area contributed by atoms with Crippen LogP contribution in [0.2, 0.25) is 0 Å². The molecule has 4 rings (SSSR count). The van der Waals surface area contributed by atoms with Crippen molar-refractivity contribution in [3.05, 3.63) is 41.5 Å². The number of carbonyl (C=O) groups is 1. The number of rotatable bonds is 10. The lowest BCUT2D eigenvalue weighted by Gasteiger charge is -2.45. The quantitative estimate of drug-likeness (QED) is 0.141. The van der Waals surface area contributed by atoms with Crippen LogP contribution in [0.15, 0.2) is 30.3 Å². The van der Waals surface area contributed by atoms with Crippen LogP contribution in [0.25, 0.3) is 0 Å². The van der Waals surface area contributed by atoms with E-state index in [4.69, 9.17) is 23.7 Å². The maximum Gasteiger partial charge on any atom is 0.229 e. The van der Waals surface area contributed by atoms with Gasteiger partial charge in [-0.05, 0) is 31.0 Å². The minimum absolute atomic E-state index is 0.110. The van der Waals surface area contributed by atoms with E-state index in [9.17, 15) is 50.8 Å². The molecular formula is C28H36O15. The fourth-order valence-electron chi connectivity index (χ4n) is 4.93. The summed E-state index contributed by atoms with van der Waals surface area (Å²) in [6.45, 7) is 0.662. The third-order valence-corrected chi connectivity index (χ3v) is 7.41. The lowest BCUT2D eigenvalue weighted by atomic mass is 9.97. The fourth-order valence-corrected chi connectivity index (χ4v) is 4.93. The first kappa shape index (κ1) is 32.7. The van der Waals surface area contributed by atoms with Gasteiger partial charge in [-0.1, -0.05) is 6.07 Å². The maximum atomic E-state index is 12.9. The van der Waals surface area contributed by atoms with Crippen molar-refractivity contribution < 1.29 is 74.4 Å². The molecule has 43 heavy (non-hydrogen) atoms. The van der Waals surface area contributed by atoms with E-state index in [0.29, 0.717) is 5.56 Å². The van der Waals surface area contributed by atoms with Crippen LogP contribution < -0.4 is 9.47 Å². The zero-order valence-electron chi connectivity index (χ0n) is 23.3. The molecule has 238 valence electrons. The zero-order valence-corrected chi connectivity index (χ0v) is 23.3. The molecular weight excluding hydrogens is 576 g/mol. The zero-order chi connectivity index (χ0) is 31.6. The standard InChI is InChI=1S/C28H36O15/c1-11-21(34)23(36)25(38)27(40-11)43-26-24(37)22(35)19(10-29)42-28(26)41-13-8-16(32)20(17(33)9-13)14(30)5-3-12-4-6-18(39-2)15(31)7-12/h4,6-9,11,19,21-29,31-38H,3,5,10H2,1-2H3/t11-,19-,21+,22+,23-,24+,25-,26+,27-,28-/m0/s1. The Morgan fingerprint density at radius 1 is 0.837 bits per heavy atom. The molecule has 2 aromatic rings. The van der Waals surface area contributed by atoms with Crippen molar-refractivity contribution in [2.75, 3.05) is 13.7 Å². The van der Waals surface area contributed by atoms with Crippen LogP contribution in [-0.4, -0.2) is 127 Å². The Morgan fingerprint density at radius 3 is 2.12 bits per heavy atom. The molecule has 2 aliphatic rings. The fraction of sp³-hybridized carbons (Fsp3) is 0.536. The van der Waals surface area contributed by atoms with Crippen molar-refractivity contribution in [2.24, 2.45) is 0 Å². The molecule has 0 saturated carbocycles. The molecule has 2 aromatic carbocycles. The van der Waals surface area contributed by atoms with E-state index in [1.54, 1.807) is 6.07 Å². The molecule has 9 N–H and O–H groups in total. The molecule has 2 fully saturated rings. The minimum atomic E-state index is -1.79. The molecule has 2 saturated heterocycles. The van der Waals surface area contributed by atoms with E-state index in [2.05, 4.69) is 0 Å². The molecule has 15 nitrogen and oxygen atoms in total. The number of hydrogen-bond acceptors (Lipinski definition) is 15. The number of hydrogen-bond donors (Lipinski definition) is 9. The maximum absolute atomic E-state index is 12.9. The molecule has 15 heteroatoms. The molecule has 2 heterocycles. The summed E-state index contributed by atoms with van der Waals surface area (Å²) in [5, 5.41) is 92.3. The van der Waals surface area contributed by atoms with Crippen LogP contribution in [0.1, 0.15) is 29.3 Å². The van der Waals surface area contributed by atoms with Crippen molar-refractivity contribution in [2.45, 2.75) is 81.2 Å². The van der Waals surface area contributed by atoms with E-state index in [0.717, 1.165) is 12.1 Å². The van der Waals surface area contributed by atoms with Crippen LogP contribution in [0, 0.1) is 0 Å². The summed E-state index contributed by atoms with van der Waals surface area (Å²) in [4.78, 5) is 12.9. The molecule has 0 bridgehead atoms. The second kappa shape index (κ2) is 13.6. The second-order valence-electron chi connectivity index (χ2n) is 10.4. The molecule has 0 radical (unpaired) electrons. The van der Waals surface area contributed by atoms with E-state index >= 15 is 0 Å². The van der Waals surface area contributed by atoms with Crippen molar-refractivity contribution >= 4 is 5.78 Å². The highest BCUT2D eigenvalue weighted by Gasteiger charge is 2.51. The third kappa shape index (κ3) is 6.95. The number of aromatic hydroxyl groups is 3. The topological polar surface area (TPSA) is 245 Å². The van der Waals surface area contributed by atoms with Crippen LogP contribution in [-0.2, 0) is 20.6 Å². The highest BCUT2D eigenvalue weighted by molar-refractivity contribution is 6.01. The van der Waals surface area contributed by atoms with Crippen molar-refractivity contribution in [1.82, 2.24) is 0 Å². The molecule has 0 aromatic heterocycles. The van der Waals surface area contributed by atoms with Gasteiger partial charge in [0.05, 0.1) is 19.8 Å². The summed E-state index contributed by atoms with van der Waals surface area (Å²) in [7, 11) is 1.40. The average Bonchev–Trinajstić information content (AvgIpc) is 2.96. The monoisotopic (exact) mass is 612 g/mol. The predicted molar refractivity (Wildman–Crippen MR) is 143 cm³/mol. The van der Waals surface area contributed by atoms with E-state index in [1.165, 1.54) is 26.2 Å². The third-order valence-electron chi connectivity index (χ3n) is 7.41.